The summed E-state index contributed by atoms with van der Waals surface area (Å²) in [5.74, 6) is -9.87. The van der Waals surface area contributed by atoms with E-state index < -0.39 is 34.8 Å². The van der Waals surface area contributed by atoms with Crippen molar-refractivity contribution in [1.82, 2.24) is 0 Å². The fourth-order valence-electron chi connectivity index (χ4n) is 3.62. The quantitative estimate of drug-likeness (QED) is 0.170. The normalized spacial score (nSPS) is 15.3. The molecule has 0 saturated heterocycles. The summed E-state index contributed by atoms with van der Waals surface area (Å²) in [7, 11) is 0. The standard InChI is InChI=1S/C22H19F5N.2ClH.Ti/c1-10-11(2)13(4)16(12(10)3)15-8-6-5-7-14(15)9-28-22-20(26)18(24)17(23)19(25)21(22)27;;;/h5-8,12H,9H2,1-4H3;2*1H;/q-1;;;. The third-order valence-corrected chi connectivity index (χ3v) is 5.54. The molecule has 1 nitrogen and oxygen atoms in total. The zero-order valence-corrected chi connectivity index (χ0v) is 20.4. The molecular formula is C22H21Cl2F5NTi-. The summed E-state index contributed by atoms with van der Waals surface area (Å²) in [6.45, 7) is 7.96. The third-order valence-electron chi connectivity index (χ3n) is 5.54. The largest absolute Gasteiger partial charge is 0.676 e. The molecule has 1 aliphatic carbocycles. The molecule has 0 N–H and O–H groups in total. The van der Waals surface area contributed by atoms with E-state index in [9.17, 15) is 22.0 Å². The van der Waals surface area contributed by atoms with Gasteiger partial charge in [0.25, 0.3) is 0 Å². The number of hydrogen-bond acceptors (Lipinski definition) is 0. The first-order valence-electron chi connectivity index (χ1n) is 8.82. The summed E-state index contributed by atoms with van der Waals surface area (Å²) in [5, 5.41) is 3.73. The van der Waals surface area contributed by atoms with Gasteiger partial charge in [0.1, 0.15) is 11.6 Å². The molecule has 0 amide bonds. The van der Waals surface area contributed by atoms with Gasteiger partial charge in [-0.1, -0.05) is 48.0 Å². The predicted molar refractivity (Wildman–Crippen MR) is 114 cm³/mol. The van der Waals surface area contributed by atoms with Crippen LogP contribution >= 0.6 is 24.8 Å². The van der Waals surface area contributed by atoms with E-state index in [1.165, 1.54) is 11.1 Å². The minimum Gasteiger partial charge on any atom is -0.676 e. The second kappa shape index (κ2) is 11.5. The van der Waals surface area contributed by atoms with Gasteiger partial charge in [-0.2, -0.15) is 0 Å². The van der Waals surface area contributed by atoms with Gasteiger partial charge in [0, 0.05) is 27.6 Å². The molecule has 0 saturated carbocycles. The van der Waals surface area contributed by atoms with Gasteiger partial charge < -0.3 is 5.32 Å². The predicted octanol–water partition coefficient (Wildman–Crippen LogP) is 8.19. The molecule has 2 aromatic carbocycles. The summed E-state index contributed by atoms with van der Waals surface area (Å²) in [6.07, 6.45) is 0. The molecular weight excluding hydrogens is 492 g/mol. The Balaban J connectivity index is 0.00000300. The van der Waals surface area contributed by atoms with Crippen molar-refractivity contribution in [2.75, 3.05) is 0 Å². The maximum atomic E-state index is 13.9. The van der Waals surface area contributed by atoms with Crippen LogP contribution in [0.1, 0.15) is 38.8 Å². The zero-order chi connectivity index (χ0) is 20.7. The summed E-state index contributed by atoms with van der Waals surface area (Å²) in [5.41, 5.74) is 4.98. The Morgan fingerprint density at radius 2 is 1.26 bits per heavy atom. The van der Waals surface area contributed by atoms with Gasteiger partial charge in [-0.05, 0) is 43.1 Å². The van der Waals surface area contributed by atoms with Gasteiger partial charge in [-0.15, -0.1) is 31.4 Å². The zero-order valence-electron chi connectivity index (χ0n) is 17.2. The van der Waals surface area contributed by atoms with Crippen LogP contribution < -0.4 is 0 Å². The van der Waals surface area contributed by atoms with Crippen LogP contribution in [0.4, 0.5) is 27.6 Å². The van der Waals surface area contributed by atoms with E-state index in [-0.39, 0.29) is 59.0 Å². The Bertz CT molecular complexity index is 1010. The van der Waals surface area contributed by atoms with Crippen LogP contribution in [-0.2, 0) is 28.3 Å². The van der Waals surface area contributed by atoms with Gasteiger partial charge in [-0.25, -0.2) is 22.0 Å². The van der Waals surface area contributed by atoms with E-state index in [4.69, 9.17) is 0 Å². The molecule has 0 spiro atoms. The van der Waals surface area contributed by atoms with Crippen molar-refractivity contribution >= 4 is 36.1 Å². The molecule has 3 rings (SSSR count). The summed E-state index contributed by atoms with van der Waals surface area (Å²) in [4.78, 5) is 0. The average molecular weight is 513 g/mol. The summed E-state index contributed by atoms with van der Waals surface area (Å²) >= 11 is 0. The van der Waals surface area contributed by atoms with E-state index in [0.29, 0.717) is 5.56 Å². The van der Waals surface area contributed by atoms with Crippen LogP contribution in [0.2, 0.25) is 0 Å². The summed E-state index contributed by atoms with van der Waals surface area (Å²) < 4.78 is 67.8. The topological polar surface area (TPSA) is 14.1 Å². The molecule has 1 aliphatic rings. The van der Waals surface area contributed by atoms with Crippen molar-refractivity contribution in [3.8, 4) is 0 Å². The Morgan fingerprint density at radius 1 is 0.774 bits per heavy atom. The summed E-state index contributed by atoms with van der Waals surface area (Å²) in [6, 6.07) is 7.20. The average Bonchev–Trinajstić information content (AvgIpc) is 2.88. The number of benzene rings is 2. The molecule has 0 bridgehead atoms. The monoisotopic (exact) mass is 512 g/mol. The second-order valence-corrected chi connectivity index (χ2v) is 6.96. The van der Waals surface area contributed by atoms with Crippen LogP contribution in [0.25, 0.3) is 10.9 Å². The molecule has 2 aromatic rings. The first-order valence-corrected chi connectivity index (χ1v) is 8.82. The molecule has 0 radical (unpaired) electrons. The molecule has 0 aliphatic heterocycles. The second-order valence-electron chi connectivity index (χ2n) is 6.96. The van der Waals surface area contributed by atoms with E-state index in [1.807, 2.05) is 26.0 Å². The SMILES string of the molecule is CC1=C(C)C(C)C(c2ccccc2C[N-]c2c(F)c(F)c(F)c(F)c2F)=C1C.Cl.Cl.[Ti]. The van der Waals surface area contributed by atoms with Gasteiger partial charge in [0.05, 0.1) is 0 Å². The molecule has 9 heteroatoms. The van der Waals surface area contributed by atoms with Crippen LogP contribution in [-0.4, -0.2) is 0 Å². The number of halogens is 7. The van der Waals surface area contributed by atoms with Crippen LogP contribution in [0.15, 0.2) is 41.0 Å². The minimum absolute atomic E-state index is 0. The number of rotatable bonds is 4. The van der Waals surface area contributed by atoms with Crippen LogP contribution in [0.3, 0.4) is 0 Å². The molecule has 1 atom stereocenters. The van der Waals surface area contributed by atoms with Crippen molar-refractivity contribution in [1.29, 1.82) is 0 Å². The number of allylic oxidation sites excluding steroid dienone is 4. The minimum atomic E-state index is -2.19. The number of hydrogen-bond donors (Lipinski definition) is 0. The Hall–Kier alpha value is -1.34. The van der Waals surface area contributed by atoms with Crippen molar-refractivity contribution in [3.05, 3.63) is 86.5 Å². The molecule has 0 aromatic heterocycles. The van der Waals surface area contributed by atoms with Gasteiger partial charge in [-0.3, -0.25) is 0 Å². The van der Waals surface area contributed by atoms with Crippen LogP contribution in [0, 0.1) is 35.0 Å². The number of nitrogens with zero attached hydrogens (tertiary/aromatic N) is 1. The Labute approximate surface area is 205 Å². The van der Waals surface area contributed by atoms with E-state index in [2.05, 4.69) is 19.2 Å². The fourth-order valence-corrected chi connectivity index (χ4v) is 3.62. The maximum Gasteiger partial charge on any atom is 0.200 e. The first-order chi connectivity index (χ1) is 13.2. The molecule has 0 heterocycles. The Morgan fingerprint density at radius 3 is 1.74 bits per heavy atom. The molecule has 168 valence electrons. The van der Waals surface area contributed by atoms with E-state index in [1.54, 1.807) is 12.1 Å². The maximum absolute atomic E-state index is 13.9. The van der Waals surface area contributed by atoms with Gasteiger partial charge in [0.2, 0.25) is 0 Å². The van der Waals surface area contributed by atoms with Crippen molar-refractivity contribution < 1.29 is 43.7 Å². The molecule has 1 unspecified atom stereocenters. The Kier molecular flexibility index (Phi) is 11.0. The van der Waals surface area contributed by atoms with Crippen molar-refractivity contribution in [2.24, 2.45) is 5.92 Å². The van der Waals surface area contributed by atoms with Crippen LogP contribution in [0.5, 0.6) is 0 Å². The van der Waals surface area contributed by atoms with Crippen molar-refractivity contribution in [2.45, 2.75) is 34.2 Å². The smallest absolute Gasteiger partial charge is 0.200 e. The van der Waals surface area contributed by atoms with Gasteiger partial charge >= 0.3 is 0 Å². The third kappa shape index (κ3) is 5.19. The van der Waals surface area contributed by atoms with Crippen molar-refractivity contribution in [3.63, 3.8) is 0 Å². The fraction of sp³-hybridized carbons (Fsp3) is 0.273. The van der Waals surface area contributed by atoms with E-state index >= 15 is 0 Å². The van der Waals surface area contributed by atoms with Gasteiger partial charge in [0.15, 0.2) is 17.5 Å². The molecule has 0 fully saturated rings. The molecule has 31 heavy (non-hydrogen) atoms. The first kappa shape index (κ1) is 29.7. The van der Waals surface area contributed by atoms with E-state index in [0.717, 1.165) is 16.7 Å².